The number of hydrogen-bond donors (Lipinski definition) is 0. The Labute approximate surface area is 59.1 Å². The fraction of sp³-hybridized carbons (Fsp3) is 0.714. The van der Waals surface area contributed by atoms with E-state index in [2.05, 4.69) is 4.99 Å². The summed E-state index contributed by atoms with van der Waals surface area (Å²) in [5.74, 6) is 0.220. The van der Waals surface area contributed by atoms with Gasteiger partial charge in [-0.25, -0.2) is 4.79 Å². The largest absolute Gasteiger partial charge is 0.271 e. The topological polar surface area (TPSA) is 46.5 Å². The highest BCUT2D eigenvalue weighted by atomic mass is 16.2. The van der Waals surface area contributed by atoms with Gasteiger partial charge in [0, 0.05) is 5.92 Å². The van der Waals surface area contributed by atoms with E-state index in [-0.39, 0.29) is 11.8 Å². The molecular formula is C7H9NO2. The van der Waals surface area contributed by atoms with Crippen molar-refractivity contribution >= 4 is 12.0 Å². The van der Waals surface area contributed by atoms with Crippen LogP contribution in [0, 0.1) is 11.8 Å². The molecule has 0 saturated heterocycles. The number of amides is 1. The maximum atomic E-state index is 10.7. The first-order chi connectivity index (χ1) is 4.79. The molecular weight excluding hydrogens is 130 g/mol. The molecule has 0 spiro atoms. The van der Waals surface area contributed by atoms with Crippen LogP contribution in [0.4, 0.5) is 0 Å². The second-order valence-electron chi connectivity index (χ2n) is 2.55. The van der Waals surface area contributed by atoms with Crippen LogP contribution in [-0.2, 0) is 9.59 Å². The van der Waals surface area contributed by atoms with Crippen LogP contribution < -0.4 is 0 Å². The SMILES string of the molecule is CC[C@@H]1C[C@H]1C(=O)N=C=O. The van der Waals surface area contributed by atoms with E-state index >= 15 is 0 Å². The zero-order valence-electron chi connectivity index (χ0n) is 5.83. The Morgan fingerprint density at radius 3 is 2.90 bits per heavy atom. The summed E-state index contributed by atoms with van der Waals surface area (Å²) in [6, 6.07) is 0. The molecule has 0 unspecified atom stereocenters. The summed E-state index contributed by atoms with van der Waals surface area (Å²) in [7, 11) is 0. The highest BCUT2D eigenvalue weighted by molar-refractivity contribution is 5.85. The molecule has 0 N–H and O–H groups in total. The van der Waals surface area contributed by atoms with Crippen LogP contribution in [-0.4, -0.2) is 12.0 Å². The lowest BCUT2D eigenvalue weighted by Gasteiger charge is -1.85. The average molecular weight is 139 g/mol. The molecule has 1 rings (SSSR count). The Balaban J connectivity index is 2.39. The lowest BCUT2D eigenvalue weighted by molar-refractivity contribution is -0.119. The van der Waals surface area contributed by atoms with E-state index in [0.717, 1.165) is 12.8 Å². The van der Waals surface area contributed by atoms with Crippen molar-refractivity contribution in [2.75, 3.05) is 0 Å². The molecule has 1 saturated carbocycles. The first-order valence-corrected chi connectivity index (χ1v) is 3.41. The maximum absolute atomic E-state index is 10.7. The summed E-state index contributed by atoms with van der Waals surface area (Å²) in [5, 5.41) is 0. The summed E-state index contributed by atoms with van der Waals surface area (Å²) in [4.78, 5) is 23.4. The van der Waals surface area contributed by atoms with Gasteiger partial charge in [0.2, 0.25) is 6.08 Å². The van der Waals surface area contributed by atoms with Crippen LogP contribution in [0.5, 0.6) is 0 Å². The zero-order valence-corrected chi connectivity index (χ0v) is 5.83. The van der Waals surface area contributed by atoms with E-state index in [4.69, 9.17) is 0 Å². The van der Waals surface area contributed by atoms with Gasteiger partial charge < -0.3 is 0 Å². The van der Waals surface area contributed by atoms with E-state index in [0.29, 0.717) is 5.92 Å². The van der Waals surface area contributed by atoms with Crippen LogP contribution >= 0.6 is 0 Å². The number of carbonyl (C=O) groups excluding carboxylic acids is 2. The van der Waals surface area contributed by atoms with Gasteiger partial charge in [0.15, 0.2) is 0 Å². The molecule has 1 aliphatic rings. The number of hydrogen-bond acceptors (Lipinski definition) is 2. The van der Waals surface area contributed by atoms with Crippen molar-refractivity contribution in [1.82, 2.24) is 0 Å². The van der Waals surface area contributed by atoms with Gasteiger partial charge in [0.25, 0.3) is 5.91 Å². The Morgan fingerprint density at radius 2 is 2.50 bits per heavy atom. The fourth-order valence-corrected chi connectivity index (χ4v) is 1.13. The number of aliphatic imine (C=N–C) groups is 1. The van der Waals surface area contributed by atoms with Gasteiger partial charge in [-0.2, -0.15) is 0 Å². The maximum Gasteiger partial charge on any atom is 0.259 e. The highest BCUT2D eigenvalue weighted by Crippen LogP contribution is 2.41. The molecule has 1 fully saturated rings. The predicted octanol–water partition coefficient (Wildman–Crippen LogP) is 0.895. The molecule has 3 heteroatoms. The third kappa shape index (κ3) is 1.31. The molecule has 54 valence electrons. The van der Waals surface area contributed by atoms with Crippen molar-refractivity contribution in [3.63, 3.8) is 0 Å². The molecule has 0 aromatic rings. The van der Waals surface area contributed by atoms with Crippen molar-refractivity contribution in [2.24, 2.45) is 16.8 Å². The summed E-state index contributed by atoms with van der Waals surface area (Å²) >= 11 is 0. The van der Waals surface area contributed by atoms with Gasteiger partial charge >= 0.3 is 0 Å². The van der Waals surface area contributed by atoms with Crippen molar-refractivity contribution < 1.29 is 9.59 Å². The number of nitrogens with zero attached hydrogens (tertiary/aromatic N) is 1. The Hall–Kier alpha value is -0.950. The minimum absolute atomic E-state index is 0.0337. The molecule has 0 aromatic heterocycles. The molecule has 2 atom stereocenters. The smallest absolute Gasteiger partial charge is 0.259 e. The summed E-state index contributed by atoms with van der Waals surface area (Å²) in [6.07, 6.45) is 3.17. The van der Waals surface area contributed by atoms with Crippen LogP contribution in [0.25, 0.3) is 0 Å². The Bertz CT molecular complexity index is 194. The Morgan fingerprint density at radius 1 is 1.80 bits per heavy atom. The van der Waals surface area contributed by atoms with E-state index in [1.165, 1.54) is 6.08 Å². The van der Waals surface area contributed by atoms with Crippen molar-refractivity contribution in [3.8, 4) is 0 Å². The minimum Gasteiger partial charge on any atom is -0.271 e. The minimum atomic E-state index is -0.290. The molecule has 0 aliphatic heterocycles. The normalized spacial score (nSPS) is 28.9. The molecule has 1 amide bonds. The highest BCUT2D eigenvalue weighted by Gasteiger charge is 2.41. The van der Waals surface area contributed by atoms with E-state index in [1.54, 1.807) is 0 Å². The average Bonchev–Trinajstić information content (AvgIpc) is 2.66. The third-order valence-corrected chi connectivity index (χ3v) is 1.92. The van der Waals surface area contributed by atoms with E-state index in [1.807, 2.05) is 6.92 Å². The molecule has 0 aromatic carbocycles. The molecule has 3 nitrogen and oxygen atoms in total. The van der Waals surface area contributed by atoms with Crippen LogP contribution in [0.3, 0.4) is 0 Å². The predicted molar refractivity (Wildman–Crippen MR) is 35.0 cm³/mol. The molecule has 0 heterocycles. The number of carbonyl (C=O) groups is 1. The van der Waals surface area contributed by atoms with Crippen LogP contribution in [0.2, 0.25) is 0 Å². The van der Waals surface area contributed by atoms with Crippen molar-refractivity contribution in [2.45, 2.75) is 19.8 Å². The van der Waals surface area contributed by atoms with E-state index in [9.17, 15) is 9.59 Å². The number of rotatable bonds is 2. The summed E-state index contributed by atoms with van der Waals surface area (Å²) in [5.41, 5.74) is 0. The van der Waals surface area contributed by atoms with Gasteiger partial charge in [-0.1, -0.05) is 13.3 Å². The van der Waals surface area contributed by atoms with Crippen molar-refractivity contribution in [3.05, 3.63) is 0 Å². The standard InChI is InChI=1S/C7H9NO2/c1-2-5-3-6(5)7(10)8-4-9/h5-6H,2-3H2,1H3/t5-,6-/m1/s1. The third-order valence-electron chi connectivity index (χ3n) is 1.92. The van der Waals surface area contributed by atoms with Crippen LogP contribution in [0.1, 0.15) is 19.8 Å². The fourth-order valence-electron chi connectivity index (χ4n) is 1.13. The quantitative estimate of drug-likeness (QED) is 0.421. The zero-order chi connectivity index (χ0) is 7.56. The lowest BCUT2D eigenvalue weighted by atomic mass is 10.2. The molecule has 10 heavy (non-hydrogen) atoms. The van der Waals surface area contributed by atoms with Crippen molar-refractivity contribution in [1.29, 1.82) is 0 Å². The Kier molecular flexibility index (Phi) is 1.97. The van der Waals surface area contributed by atoms with Gasteiger partial charge in [-0.15, -0.1) is 4.99 Å². The van der Waals surface area contributed by atoms with Gasteiger partial charge in [-0.3, -0.25) is 4.79 Å². The summed E-state index contributed by atoms with van der Waals surface area (Å²) < 4.78 is 0. The second kappa shape index (κ2) is 2.76. The van der Waals surface area contributed by atoms with Gasteiger partial charge in [0.1, 0.15) is 0 Å². The molecule has 0 bridgehead atoms. The number of isocyanates is 1. The molecule has 0 radical (unpaired) electrons. The monoisotopic (exact) mass is 139 g/mol. The second-order valence-corrected chi connectivity index (χ2v) is 2.55. The van der Waals surface area contributed by atoms with Gasteiger partial charge in [-0.05, 0) is 12.3 Å². The molecule has 1 aliphatic carbocycles. The lowest BCUT2D eigenvalue weighted by Crippen LogP contribution is -1.96. The van der Waals surface area contributed by atoms with Gasteiger partial charge in [0.05, 0.1) is 0 Å². The summed E-state index contributed by atoms with van der Waals surface area (Å²) in [6.45, 7) is 2.03. The van der Waals surface area contributed by atoms with E-state index < -0.39 is 0 Å². The van der Waals surface area contributed by atoms with Crippen LogP contribution in [0.15, 0.2) is 4.99 Å². The first kappa shape index (κ1) is 7.16. The first-order valence-electron chi connectivity index (χ1n) is 3.41.